The summed E-state index contributed by atoms with van der Waals surface area (Å²) in [5.41, 5.74) is 5.95. The highest BCUT2D eigenvalue weighted by Crippen LogP contribution is 2.23. The number of nitrogens with one attached hydrogen (secondary N) is 1. The van der Waals surface area contributed by atoms with E-state index in [4.69, 9.17) is 28.9 Å². The highest BCUT2D eigenvalue weighted by molar-refractivity contribution is 6.35. The molecular weight excluding hydrogens is 245 g/mol. The zero-order valence-corrected chi connectivity index (χ0v) is 11.1. The second-order valence-corrected chi connectivity index (χ2v) is 4.75. The molecule has 1 aromatic rings. The van der Waals surface area contributed by atoms with Gasteiger partial charge in [0.15, 0.2) is 0 Å². The average molecular weight is 262 g/mol. The van der Waals surface area contributed by atoms with Crippen LogP contribution in [-0.2, 0) is 0 Å². The van der Waals surface area contributed by atoms with Gasteiger partial charge in [-0.25, -0.2) is 4.98 Å². The van der Waals surface area contributed by atoms with Crippen molar-refractivity contribution in [1.29, 1.82) is 0 Å². The number of hydrogen-bond acceptors (Lipinski definition) is 3. The summed E-state index contributed by atoms with van der Waals surface area (Å²) in [6.45, 7) is 4.79. The normalized spacial score (nSPS) is 11.6. The van der Waals surface area contributed by atoms with Gasteiger partial charge in [-0.3, -0.25) is 0 Å². The standard InChI is InChI=1S/C11H17Cl2N3/c1-3-11(14,4-2)7-16-10-9(13)5-8(12)6-15-10/h5-6H,3-4,7,14H2,1-2H3,(H,15,16). The number of hydrogen-bond donors (Lipinski definition) is 2. The largest absolute Gasteiger partial charge is 0.367 e. The molecule has 16 heavy (non-hydrogen) atoms. The molecule has 0 aliphatic heterocycles. The third-order valence-corrected chi connectivity index (χ3v) is 3.32. The quantitative estimate of drug-likeness (QED) is 0.855. The molecule has 0 amide bonds. The number of aromatic nitrogens is 1. The van der Waals surface area contributed by atoms with Gasteiger partial charge in [-0.05, 0) is 18.9 Å². The molecule has 0 saturated heterocycles. The second kappa shape index (κ2) is 5.71. The predicted molar refractivity (Wildman–Crippen MR) is 70.2 cm³/mol. The molecule has 0 spiro atoms. The van der Waals surface area contributed by atoms with Crippen molar-refractivity contribution >= 4 is 29.0 Å². The molecule has 0 fully saturated rings. The maximum atomic E-state index is 6.16. The summed E-state index contributed by atoms with van der Waals surface area (Å²) in [4.78, 5) is 4.12. The third kappa shape index (κ3) is 3.51. The van der Waals surface area contributed by atoms with E-state index in [0.717, 1.165) is 12.8 Å². The first-order chi connectivity index (χ1) is 7.50. The van der Waals surface area contributed by atoms with Crippen LogP contribution in [0.15, 0.2) is 12.3 Å². The summed E-state index contributed by atoms with van der Waals surface area (Å²) in [6.07, 6.45) is 3.37. The minimum atomic E-state index is -0.218. The van der Waals surface area contributed by atoms with Gasteiger partial charge in [-0.15, -0.1) is 0 Å². The molecule has 0 bridgehead atoms. The molecule has 0 atom stereocenters. The number of nitrogens with two attached hydrogens (primary N) is 1. The highest BCUT2D eigenvalue weighted by atomic mass is 35.5. The van der Waals surface area contributed by atoms with Crippen molar-refractivity contribution in [2.24, 2.45) is 5.73 Å². The van der Waals surface area contributed by atoms with Crippen LogP contribution in [-0.4, -0.2) is 17.1 Å². The lowest BCUT2D eigenvalue weighted by atomic mass is 9.94. The molecule has 0 radical (unpaired) electrons. The molecule has 90 valence electrons. The van der Waals surface area contributed by atoms with E-state index in [1.165, 1.54) is 0 Å². The van der Waals surface area contributed by atoms with Gasteiger partial charge in [0.2, 0.25) is 0 Å². The van der Waals surface area contributed by atoms with E-state index in [0.29, 0.717) is 22.4 Å². The highest BCUT2D eigenvalue weighted by Gasteiger charge is 2.20. The van der Waals surface area contributed by atoms with E-state index in [9.17, 15) is 0 Å². The summed E-state index contributed by atoms with van der Waals surface area (Å²) in [7, 11) is 0. The van der Waals surface area contributed by atoms with Gasteiger partial charge in [-0.2, -0.15) is 0 Å². The van der Waals surface area contributed by atoms with Gasteiger partial charge < -0.3 is 11.1 Å². The maximum absolute atomic E-state index is 6.16. The van der Waals surface area contributed by atoms with Crippen LogP contribution in [0.3, 0.4) is 0 Å². The van der Waals surface area contributed by atoms with Crippen LogP contribution in [0.1, 0.15) is 26.7 Å². The summed E-state index contributed by atoms with van der Waals surface area (Å²) >= 11 is 11.8. The first-order valence-corrected chi connectivity index (χ1v) is 6.10. The van der Waals surface area contributed by atoms with Crippen LogP contribution in [0.2, 0.25) is 10.0 Å². The lowest BCUT2D eigenvalue weighted by Gasteiger charge is -2.27. The Labute approximate surface area is 106 Å². The van der Waals surface area contributed by atoms with Gasteiger partial charge >= 0.3 is 0 Å². The van der Waals surface area contributed by atoms with E-state index in [2.05, 4.69) is 24.1 Å². The van der Waals surface area contributed by atoms with Gasteiger partial charge in [0.05, 0.1) is 10.0 Å². The van der Waals surface area contributed by atoms with Crippen LogP contribution in [0.4, 0.5) is 5.82 Å². The fourth-order valence-corrected chi connectivity index (χ4v) is 1.75. The molecule has 0 aliphatic carbocycles. The second-order valence-electron chi connectivity index (χ2n) is 3.91. The van der Waals surface area contributed by atoms with Gasteiger partial charge in [0, 0.05) is 18.3 Å². The van der Waals surface area contributed by atoms with E-state index in [1.54, 1.807) is 12.3 Å². The number of nitrogens with zero attached hydrogens (tertiary/aromatic N) is 1. The molecule has 0 saturated carbocycles. The Hall–Kier alpha value is -0.510. The zero-order valence-electron chi connectivity index (χ0n) is 9.56. The molecule has 1 heterocycles. The Morgan fingerprint density at radius 1 is 1.38 bits per heavy atom. The Balaban J connectivity index is 2.67. The molecule has 3 N–H and O–H groups in total. The first-order valence-electron chi connectivity index (χ1n) is 5.34. The SMILES string of the molecule is CCC(N)(CC)CNc1ncc(Cl)cc1Cl. The van der Waals surface area contributed by atoms with Gasteiger partial charge in [0.25, 0.3) is 0 Å². The lowest BCUT2D eigenvalue weighted by molar-refractivity contribution is 0.418. The monoisotopic (exact) mass is 261 g/mol. The van der Waals surface area contributed by atoms with Crippen molar-refractivity contribution in [3.05, 3.63) is 22.3 Å². The fraction of sp³-hybridized carbons (Fsp3) is 0.545. The van der Waals surface area contributed by atoms with Crippen molar-refractivity contribution in [2.45, 2.75) is 32.2 Å². The van der Waals surface area contributed by atoms with Crippen molar-refractivity contribution in [3.8, 4) is 0 Å². The smallest absolute Gasteiger partial charge is 0.144 e. The summed E-state index contributed by atoms with van der Waals surface area (Å²) in [5, 5.41) is 4.20. The Kier molecular flexibility index (Phi) is 4.84. The maximum Gasteiger partial charge on any atom is 0.144 e. The molecule has 1 aromatic heterocycles. The predicted octanol–water partition coefficient (Wildman–Crippen LogP) is 3.32. The first kappa shape index (κ1) is 13.6. The van der Waals surface area contributed by atoms with Crippen molar-refractivity contribution < 1.29 is 0 Å². The molecule has 3 nitrogen and oxygen atoms in total. The molecule has 0 unspecified atom stereocenters. The molecular formula is C11H17Cl2N3. The van der Waals surface area contributed by atoms with Crippen molar-refractivity contribution in [2.75, 3.05) is 11.9 Å². The Morgan fingerprint density at radius 2 is 2.00 bits per heavy atom. The van der Waals surface area contributed by atoms with Gasteiger partial charge in [0.1, 0.15) is 5.82 Å². The topological polar surface area (TPSA) is 50.9 Å². The van der Waals surface area contributed by atoms with Crippen LogP contribution in [0.25, 0.3) is 0 Å². The summed E-state index contributed by atoms with van der Waals surface area (Å²) in [6, 6.07) is 1.66. The van der Waals surface area contributed by atoms with Crippen LogP contribution < -0.4 is 11.1 Å². The lowest BCUT2D eigenvalue weighted by Crippen LogP contribution is -2.45. The molecule has 0 aromatic carbocycles. The number of anilines is 1. The number of pyridine rings is 1. The third-order valence-electron chi connectivity index (χ3n) is 2.82. The summed E-state index contributed by atoms with van der Waals surface area (Å²) < 4.78 is 0. The van der Waals surface area contributed by atoms with Crippen molar-refractivity contribution in [1.82, 2.24) is 4.98 Å². The van der Waals surface area contributed by atoms with Crippen LogP contribution in [0, 0.1) is 0 Å². The molecule has 5 heteroatoms. The average Bonchev–Trinajstić information content (AvgIpc) is 2.27. The van der Waals surface area contributed by atoms with E-state index in [-0.39, 0.29) is 5.54 Å². The summed E-state index contributed by atoms with van der Waals surface area (Å²) in [5.74, 6) is 0.628. The minimum Gasteiger partial charge on any atom is -0.367 e. The minimum absolute atomic E-state index is 0.218. The van der Waals surface area contributed by atoms with Crippen molar-refractivity contribution in [3.63, 3.8) is 0 Å². The number of halogens is 2. The van der Waals surface area contributed by atoms with E-state index in [1.807, 2.05) is 0 Å². The number of rotatable bonds is 5. The Morgan fingerprint density at radius 3 is 2.50 bits per heavy atom. The van der Waals surface area contributed by atoms with E-state index < -0.39 is 0 Å². The molecule has 1 rings (SSSR count). The van der Waals surface area contributed by atoms with Crippen LogP contribution in [0.5, 0.6) is 0 Å². The Bertz CT molecular complexity index is 351. The molecule has 0 aliphatic rings. The van der Waals surface area contributed by atoms with E-state index >= 15 is 0 Å². The fourth-order valence-electron chi connectivity index (χ4n) is 1.30. The van der Waals surface area contributed by atoms with Gasteiger partial charge in [-0.1, -0.05) is 37.0 Å². The zero-order chi connectivity index (χ0) is 12.2. The van der Waals surface area contributed by atoms with Crippen LogP contribution >= 0.6 is 23.2 Å².